The first-order chi connectivity index (χ1) is 13.7. The van der Waals surface area contributed by atoms with Crippen LogP contribution in [0.25, 0.3) is 0 Å². The molecule has 0 saturated carbocycles. The molecule has 0 spiro atoms. The van der Waals surface area contributed by atoms with Crippen LogP contribution in [-0.2, 0) is 20.9 Å². The third kappa shape index (κ3) is 8.24. The summed E-state index contributed by atoms with van der Waals surface area (Å²) in [5.74, 6) is 0.559. The molecule has 1 amide bonds. The van der Waals surface area contributed by atoms with Crippen molar-refractivity contribution < 1.29 is 19.1 Å². The minimum atomic E-state index is -0.276. The van der Waals surface area contributed by atoms with Crippen LogP contribution in [0.1, 0.15) is 32.6 Å². The zero-order valence-corrected chi connectivity index (χ0v) is 16.5. The molecular weight excluding hydrogens is 358 g/mol. The fraction of sp³-hybridized carbons (Fsp3) is 0.476. The number of aryl methyl sites for hydroxylation is 1. The van der Waals surface area contributed by atoms with Gasteiger partial charge in [0.1, 0.15) is 5.75 Å². The summed E-state index contributed by atoms with van der Waals surface area (Å²) in [6, 6.07) is 9.55. The Hall–Kier alpha value is -2.83. The molecule has 0 N–H and O–H groups in total. The van der Waals surface area contributed by atoms with Gasteiger partial charge in [0.2, 0.25) is 5.91 Å². The van der Waals surface area contributed by atoms with Crippen molar-refractivity contribution in [3.63, 3.8) is 0 Å². The number of carbonyl (C=O) groups is 2. The van der Waals surface area contributed by atoms with Gasteiger partial charge in [0.25, 0.3) is 0 Å². The average Bonchev–Trinajstić information content (AvgIpc) is 3.22. The van der Waals surface area contributed by atoms with Crippen molar-refractivity contribution in [1.29, 1.82) is 0 Å². The number of ether oxygens (including phenoxy) is 2. The molecule has 0 bridgehead atoms. The number of rotatable bonds is 13. The second-order valence-electron chi connectivity index (χ2n) is 6.35. The summed E-state index contributed by atoms with van der Waals surface area (Å²) in [5, 5.41) is 0. The summed E-state index contributed by atoms with van der Waals surface area (Å²) in [6.07, 6.45) is 7.41. The Kier molecular flexibility index (Phi) is 9.61. The fourth-order valence-electron chi connectivity index (χ4n) is 2.77. The molecule has 2 rings (SSSR count). The summed E-state index contributed by atoms with van der Waals surface area (Å²) in [5.41, 5.74) is 0. The summed E-state index contributed by atoms with van der Waals surface area (Å²) in [4.78, 5) is 30.0. The molecule has 0 radical (unpaired) electrons. The van der Waals surface area contributed by atoms with Gasteiger partial charge in [0.05, 0.1) is 26.0 Å². The van der Waals surface area contributed by atoms with Gasteiger partial charge in [-0.15, -0.1) is 0 Å². The van der Waals surface area contributed by atoms with Gasteiger partial charge >= 0.3 is 5.97 Å². The maximum atomic E-state index is 12.6. The maximum absolute atomic E-state index is 12.6. The fourth-order valence-corrected chi connectivity index (χ4v) is 2.77. The van der Waals surface area contributed by atoms with Crippen molar-refractivity contribution in [2.45, 2.75) is 39.2 Å². The number of carbonyl (C=O) groups excluding carboxylic acids is 2. The number of imidazole rings is 1. The van der Waals surface area contributed by atoms with E-state index >= 15 is 0 Å². The van der Waals surface area contributed by atoms with Crippen LogP contribution in [0.4, 0.5) is 0 Å². The standard InChI is InChI=1S/C21H29N3O4/c1-2-27-21(26)11-15-24(14-7-13-23-16-12-22-18-23)20(25)10-6-17-28-19-8-4-3-5-9-19/h3-5,8-9,12,16,18H,2,6-7,10-11,13-15,17H2,1H3. The lowest BCUT2D eigenvalue weighted by atomic mass is 10.2. The van der Waals surface area contributed by atoms with Gasteiger partial charge in [-0.25, -0.2) is 4.98 Å². The van der Waals surface area contributed by atoms with Crippen LogP contribution in [0.3, 0.4) is 0 Å². The number of hydrogen-bond acceptors (Lipinski definition) is 5. The van der Waals surface area contributed by atoms with Gasteiger partial charge in [-0.2, -0.15) is 0 Å². The van der Waals surface area contributed by atoms with E-state index < -0.39 is 0 Å². The first-order valence-corrected chi connectivity index (χ1v) is 9.76. The largest absolute Gasteiger partial charge is 0.494 e. The van der Waals surface area contributed by atoms with Gasteiger partial charge in [-0.3, -0.25) is 9.59 Å². The highest BCUT2D eigenvalue weighted by Crippen LogP contribution is 2.10. The van der Waals surface area contributed by atoms with Gasteiger partial charge in [0, 0.05) is 38.4 Å². The summed E-state index contributed by atoms with van der Waals surface area (Å²) < 4.78 is 12.6. The molecule has 28 heavy (non-hydrogen) atoms. The van der Waals surface area contributed by atoms with Crippen molar-refractivity contribution in [2.75, 3.05) is 26.3 Å². The molecule has 0 aliphatic heterocycles. The third-order valence-electron chi connectivity index (χ3n) is 4.19. The SMILES string of the molecule is CCOC(=O)CCN(CCCn1ccnc1)C(=O)CCCOc1ccccc1. The van der Waals surface area contributed by atoms with Crippen molar-refractivity contribution in [1.82, 2.24) is 14.5 Å². The van der Waals surface area contributed by atoms with Crippen LogP contribution in [0.2, 0.25) is 0 Å². The van der Waals surface area contributed by atoms with Crippen molar-refractivity contribution in [3.05, 3.63) is 49.1 Å². The predicted octanol–water partition coefficient (Wildman–Crippen LogP) is 2.91. The number of esters is 1. The van der Waals surface area contributed by atoms with Crippen LogP contribution in [0, 0.1) is 0 Å². The Morgan fingerprint density at radius 3 is 2.64 bits per heavy atom. The maximum Gasteiger partial charge on any atom is 0.307 e. The van der Waals surface area contributed by atoms with E-state index in [4.69, 9.17) is 9.47 Å². The van der Waals surface area contributed by atoms with E-state index in [0.29, 0.717) is 39.1 Å². The van der Waals surface area contributed by atoms with E-state index in [2.05, 4.69) is 4.98 Å². The van der Waals surface area contributed by atoms with Crippen LogP contribution < -0.4 is 4.74 Å². The molecule has 0 aliphatic carbocycles. The lowest BCUT2D eigenvalue weighted by Crippen LogP contribution is -2.34. The minimum Gasteiger partial charge on any atom is -0.494 e. The smallest absolute Gasteiger partial charge is 0.307 e. The van der Waals surface area contributed by atoms with Crippen molar-refractivity contribution in [2.24, 2.45) is 0 Å². The van der Waals surface area contributed by atoms with Crippen LogP contribution >= 0.6 is 0 Å². The summed E-state index contributed by atoms with van der Waals surface area (Å²) >= 11 is 0. The highest BCUT2D eigenvalue weighted by molar-refractivity contribution is 5.77. The van der Waals surface area contributed by atoms with E-state index in [9.17, 15) is 9.59 Å². The third-order valence-corrected chi connectivity index (χ3v) is 4.19. The zero-order valence-electron chi connectivity index (χ0n) is 16.5. The van der Waals surface area contributed by atoms with E-state index in [0.717, 1.165) is 18.7 Å². The van der Waals surface area contributed by atoms with Crippen LogP contribution in [0.15, 0.2) is 49.1 Å². The lowest BCUT2D eigenvalue weighted by Gasteiger charge is -2.22. The highest BCUT2D eigenvalue weighted by atomic mass is 16.5. The van der Waals surface area contributed by atoms with E-state index in [1.54, 1.807) is 24.3 Å². The topological polar surface area (TPSA) is 73.7 Å². The number of aromatic nitrogens is 2. The number of benzene rings is 1. The highest BCUT2D eigenvalue weighted by Gasteiger charge is 2.15. The monoisotopic (exact) mass is 387 g/mol. The second kappa shape index (κ2) is 12.5. The molecule has 7 nitrogen and oxygen atoms in total. The van der Waals surface area contributed by atoms with Gasteiger partial charge in [0.15, 0.2) is 0 Å². The molecule has 2 aromatic rings. The normalized spacial score (nSPS) is 10.5. The molecule has 0 atom stereocenters. The lowest BCUT2D eigenvalue weighted by molar-refractivity contribution is -0.144. The van der Waals surface area contributed by atoms with Gasteiger partial charge < -0.3 is 18.9 Å². The molecule has 1 aromatic carbocycles. The number of nitrogens with zero attached hydrogens (tertiary/aromatic N) is 3. The van der Waals surface area contributed by atoms with Crippen molar-refractivity contribution in [3.8, 4) is 5.75 Å². The Balaban J connectivity index is 1.75. The van der Waals surface area contributed by atoms with Crippen molar-refractivity contribution >= 4 is 11.9 Å². The molecule has 152 valence electrons. The molecule has 0 unspecified atom stereocenters. The molecular formula is C21H29N3O4. The molecule has 0 saturated heterocycles. The number of amides is 1. The molecule has 0 fully saturated rings. The van der Waals surface area contributed by atoms with E-state index in [-0.39, 0.29) is 18.3 Å². The summed E-state index contributed by atoms with van der Waals surface area (Å²) in [7, 11) is 0. The number of hydrogen-bond donors (Lipinski definition) is 0. The molecule has 1 aromatic heterocycles. The minimum absolute atomic E-state index is 0.0339. The average molecular weight is 387 g/mol. The molecule has 7 heteroatoms. The van der Waals surface area contributed by atoms with Gasteiger partial charge in [-0.1, -0.05) is 18.2 Å². The second-order valence-corrected chi connectivity index (χ2v) is 6.35. The van der Waals surface area contributed by atoms with Gasteiger partial charge in [-0.05, 0) is 31.9 Å². The van der Waals surface area contributed by atoms with Crippen LogP contribution in [-0.4, -0.2) is 52.6 Å². The van der Waals surface area contributed by atoms with E-state index in [1.807, 2.05) is 41.1 Å². The summed E-state index contributed by atoms with van der Waals surface area (Å²) in [6.45, 7) is 4.36. The Bertz CT molecular complexity index is 689. The Morgan fingerprint density at radius 1 is 1.11 bits per heavy atom. The molecule has 1 heterocycles. The van der Waals surface area contributed by atoms with Crippen LogP contribution in [0.5, 0.6) is 5.75 Å². The predicted molar refractivity (Wildman–Crippen MR) is 106 cm³/mol. The van der Waals surface area contributed by atoms with E-state index in [1.165, 1.54) is 0 Å². The Morgan fingerprint density at radius 2 is 1.93 bits per heavy atom. The quantitative estimate of drug-likeness (QED) is 0.390. The molecule has 0 aliphatic rings. The first kappa shape index (κ1) is 21.5. The number of para-hydroxylation sites is 1. The first-order valence-electron chi connectivity index (χ1n) is 9.76. The zero-order chi connectivity index (χ0) is 20.0. The Labute approximate surface area is 166 Å².